The van der Waals surface area contributed by atoms with E-state index in [4.69, 9.17) is 0 Å². The summed E-state index contributed by atoms with van der Waals surface area (Å²) >= 11 is 3.34. The molecule has 0 saturated carbocycles. The molecule has 1 aromatic heterocycles. The van der Waals surface area contributed by atoms with Crippen LogP contribution in [0.3, 0.4) is 0 Å². The molecule has 0 bridgehead atoms. The zero-order valence-electron chi connectivity index (χ0n) is 12.0. The standard InChI is InChI=1S/C15H19BrFN3/c1-4-20-14(5-10(2)19-20)9-15(18-3)11-6-12(16)8-13(17)7-11/h5-8,15,18H,4,9H2,1-3H3. The molecule has 0 aliphatic carbocycles. The van der Waals surface area contributed by atoms with E-state index in [-0.39, 0.29) is 11.9 Å². The molecule has 0 aliphatic rings. The fourth-order valence-corrected chi connectivity index (χ4v) is 2.89. The van der Waals surface area contributed by atoms with Gasteiger partial charge in [0, 0.05) is 29.2 Å². The Kier molecular flexibility index (Phi) is 4.94. The summed E-state index contributed by atoms with van der Waals surface area (Å²) < 4.78 is 16.3. The summed E-state index contributed by atoms with van der Waals surface area (Å²) in [7, 11) is 1.89. The van der Waals surface area contributed by atoms with Gasteiger partial charge < -0.3 is 5.32 Å². The molecule has 5 heteroatoms. The Morgan fingerprint density at radius 3 is 2.70 bits per heavy atom. The Hall–Kier alpha value is -1.20. The van der Waals surface area contributed by atoms with E-state index in [1.54, 1.807) is 6.07 Å². The van der Waals surface area contributed by atoms with Crippen LogP contribution in [0.4, 0.5) is 4.39 Å². The van der Waals surface area contributed by atoms with Gasteiger partial charge in [-0.25, -0.2) is 4.39 Å². The second-order valence-electron chi connectivity index (χ2n) is 4.84. The highest BCUT2D eigenvalue weighted by atomic mass is 79.9. The number of benzene rings is 1. The van der Waals surface area contributed by atoms with E-state index < -0.39 is 0 Å². The zero-order chi connectivity index (χ0) is 14.7. The van der Waals surface area contributed by atoms with Crippen molar-refractivity contribution in [3.05, 3.63) is 51.5 Å². The van der Waals surface area contributed by atoms with E-state index in [0.29, 0.717) is 0 Å². The topological polar surface area (TPSA) is 29.9 Å². The first-order chi connectivity index (χ1) is 9.53. The lowest BCUT2D eigenvalue weighted by Gasteiger charge is -2.17. The Balaban J connectivity index is 2.28. The predicted octanol–water partition coefficient (Wildman–Crippen LogP) is 3.62. The number of nitrogens with zero attached hydrogens (tertiary/aromatic N) is 2. The molecule has 1 heterocycles. The van der Waals surface area contributed by atoms with Crippen molar-refractivity contribution in [1.82, 2.24) is 15.1 Å². The average molecular weight is 340 g/mol. The number of hydrogen-bond donors (Lipinski definition) is 1. The number of nitrogens with one attached hydrogen (secondary N) is 1. The molecule has 0 radical (unpaired) electrons. The van der Waals surface area contributed by atoms with Gasteiger partial charge >= 0.3 is 0 Å². The van der Waals surface area contributed by atoms with Crippen molar-refractivity contribution in [2.24, 2.45) is 0 Å². The molecule has 1 unspecified atom stereocenters. The third-order valence-electron chi connectivity index (χ3n) is 3.33. The number of hydrogen-bond acceptors (Lipinski definition) is 2. The lowest BCUT2D eigenvalue weighted by molar-refractivity contribution is 0.536. The van der Waals surface area contributed by atoms with Gasteiger partial charge in [-0.15, -0.1) is 0 Å². The van der Waals surface area contributed by atoms with Gasteiger partial charge in [0.1, 0.15) is 5.82 Å². The molecular formula is C15H19BrFN3. The van der Waals surface area contributed by atoms with E-state index in [0.717, 1.165) is 34.4 Å². The summed E-state index contributed by atoms with van der Waals surface area (Å²) in [5.41, 5.74) is 3.10. The first-order valence-electron chi connectivity index (χ1n) is 6.70. The SMILES string of the molecule is CCn1nc(C)cc1CC(NC)c1cc(F)cc(Br)c1. The largest absolute Gasteiger partial charge is 0.313 e. The van der Waals surface area contributed by atoms with Crippen molar-refractivity contribution in [2.75, 3.05) is 7.05 Å². The first-order valence-corrected chi connectivity index (χ1v) is 7.49. The van der Waals surface area contributed by atoms with Crippen LogP contribution in [-0.2, 0) is 13.0 Å². The average Bonchev–Trinajstić information content (AvgIpc) is 2.74. The molecule has 2 aromatic rings. The van der Waals surface area contributed by atoms with Gasteiger partial charge in [0.2, 0.25) is 0 Å². The molecule has 1 aromatic carbocycles. The fourth-order valence-electron chi connectivity index (χ4n) is 2.41. The van der Waals surface area contributed by atoms with Crippen LogP contribution in [0.2, 0.25) is 0 Å². The third-order valence-corrected chi connectivity index (χ3v) is 3.79. The van der Waals surface area contributed by atoms with Gasteiger partial charge in [-0.3, -0.25) is 4.68 Å². The number of aromatic nitrogens is 2. The van der Waals surface area contributed by atoms with Crippen LogP contribution in [0.5, 0.6) is 0 Å². The molecule has 2 rings (SSSR count). The van der Waals surface area contributed by atoms with Crippen LogP contribution in [0.25, 0.3) is 0 Å². The quantitative estimate of drug-likeness (QED) is 0.901. The van der Waals surface area contributed by atoms with Crippen LogP contribution in [0.15, 0.2) is 28.7 Å². The Bertz CT molecular complexity index is 575. The smallest absolute Gasteiger partial charge is 0.124 e. The fraction of sp³-hybridized carbons (Fsp3) is 0.400. The molecule has 1 atom stereocenters. The predicted molar refractivity (Wildman–Crippen MR) is 82.2 cm³/mol. The van der Waals surface area contributed by atoms with Crippen LogP contribution in [0, 0.1) is 12.7 Å². The van der Waals surface area contributed by atoms with Crippen molar-refractivity contribution in [3.8, 4) is 0 Å². The van der Waals surface area contributed by atoms with Crippen LogP contribution in [0.1, 0.15) is 29.9 Å². The number of likely N-dealkylation sites (N-methyl/N-ethyl adjacent to an activating group) is 1. The minimum Gasteiger partial charge on any atom is -0.313 e. The Labute approximate surface area is 127 Å². The lowest BCUT2D eigenvalue weighted by Crippen LogP contribution is -2.20. The monoisotopic (exact) mass is 339 g/mol. The van der Waals surface area contributed by atoms with E-state index >= 15 is 0 Å². The lowest BCUT2D eigenvalue weighted by atomic mass is 10.0. The summed E-state index contributed by atoms with van der Waals surface area (Å²) in [6, 6.07) is 7.14. The van der Waals surface area contributed by atoms with E-state index in [9.17, 15) is 4.39 Å². The molecule has 1 N–H and O–H groups in total. The first kappa shape index (κ1) is 15.2. The van der Waals surface area contributed by atoms with Gasteiger partial charge in [0.25, 0.3) is 0 Å². The Morgan fingerprint density at radius 1 is 1.35 bits per heavy atom. The van der Waals surface area contributed by atoms with Gasteiger partial charge in [0.05, 0.1) is 5.69 Å². The minimum absolute atomic E-state index is 0.0587. The molecule has 0 fully saturated rings. The highest BCUT2D eigenvalue weighted by Crippen LogP contribution is 2.23. The molecule has 3 nitrogen and oxygen atoms in total. The number of halogens is 2. The highest BCUT2D eigenvalue weighted by molar-refractivity contribution is 9.10. The molecule has 0 spiro atoms. The normalized spacial score (nSPS) is 12.7. The highest BCUT2D eigenvalue weighted by Gasteiger charge is 2.15. The van der Waals surface area contributed by atoms with Crippen molar-refractivity contribution in [1.29, 1.82) is 0 Å². The maximum absolute atomic E-state index is 13.5. The minimum atomic E-state index is -0.227. The molecule has 0 saturated heterocycles. The third kappa shape index (κ3) is 3.46. The van der Waals surface area contributed by atoms with Crippen molar-refractivity contribution < 1.29 is 4.39 Å². The van der Waals surface area contributed by atoms with Crippen molar-refractivity contribution in [3.63, 3.8) is 0 Å². The summed E-state index contributed by atoms with van der Waals surface area (Å²) in [5.74, 6) is -0.227. The Morgan fingerprint density at radius 2 is 2.10 bits per heavy atom. The van der Waals surface area contributed by atoms with E-state index in [1.807, 2.05) is 24.7 Å². The molecular weight excluding hydrogens is 321 g/mol. The summed E-state index contributed by atoms with van der Waals surface area (Å²) in [6.45, 7) is 4.90. The van der Waals surface area contributed by atoms with Gasteiger partial charge in [-0.1, -0.05) is 15.9 Å². The van der Waals surface area contributed by atoms with Crippen LogP contribution in [-0.4, -0.2) is 16.8 Å². The number of aryl methyl sites for hydroxylation is 2. The van der Waals surface area contributed by atoms with E-state index in [1.165, 1.54) is 6.07 Å². The zero-order valence-corrected chi connectivity index (χ0v) is 13.5. The summed E-state index contributed by atoms with van der Waals surface area (Å²) in [6.07, 6.45) is 0.779. The van der Waals surface area contributed by atoms with Gasteiger partial charge in [0.15, 0.2) is 0 Å². The van der Waals surface area contributed by atoms with Crippen LogP contribution >= 0.6 is 15.9 Å². The summed E-state index contributed by atoms with van der Waals surface area (Å²) in [4.78, 5) is 0. The van der Waals surface area contributed by atoms with Crippen molar-refractivity contribution in [2.45, 2.75) is 32.9 Å². The molecule has 0 aliphatic heterocycles. The van der Waals surface area contributed by atoms with Gasteiger partial charge in [-0.05, 0) is 50.7 Å². The second-order valence-corrected chi connectivity index (χ2v) is 5.76. The summed E-state index contributed by atoms with van der Waals surface area (Å²) in [5, 5.41) is 7.70. The molecule has 108 valence electrons. The van der Waals surface area contributed by atoms with Crippen molar-refractivity contribution >= 4 is 15.9 Å². The molecule has 0 amide bonds. The van der Waals surface area contributed by atoms with Gasteiger partial charge in [-0.2, -0.15) is 5.10 Å². The molecule has 20 heavy (non-hydrogen) atoms. The second kappa shape index (κ2) is 6.50. The van der Waals surface area contributed by atoms with Crippen LogP contribution < -0.4 is 5.32 Å². The van der Waals surface area contributed by atoms with E-state index in [2.05, 4.69) is 39.3 Å². The number of rotatable bonds is 5. The maximum atomic E-state index is 13.5. The maximum Gasteiger partial charge on any atom is 0.124 e.